The zero-order valence-electron chi connectivity index (χ0n) is 13.0. The van der Waals surface area contributed by atoms with Crippen LogP contribution in [0.5, 0.6) is 0 Å². The van der Waals surface area contributed by atoms with Crippen LogP contribution in [0.2, 0.25) is 0 Å². The van der Waals surface area contributed by atoms with E-state index < -0.39 is 10.0 Å². The first-order valence-corrected chi connectivity index (χ1v) is 9.06. The van der Waals surface area contributed by atoms with Gasteiger partial charge >= 0.3 is 0 Å². The number of benzene rings is 1. The van der Waals surface area contributed by atoms with Crippen LogP contribution < -0.4 is 4.72 Å². The Morgan fingerprint density at radius 1 is 1.26 bits per heavy atom. The number of fused-ring (bicyclic) bond motifs is 1. The highest BCUT2D eigenvalue weighted by Crippen LogP contribution is 2.26. The van der Waals surface area contributed by atoms with E-state index in [2.05, 4.69) is 14.7 Å². The molecule has 3 rings (SSSR count). The van der Waals surface area contributed by atoms with E-state index in [1.54, 1.807) is 18.3 Å². The molecule has 0 aliphatic carbocycles. The van der Waals surface area contributed by atoms with E-state index in [-0.39, 0.29) is 5.75 Å². The van der Waals surface area contributed by atoms with Crippen LogP contribution in [-0.4, -0.2) is 28.5 Å². The molecule has 7 heteroatoms. The first-order chi connectivity index (χ1) is 11.0. The highest BCUT2D eigenvalue weighted by molar-refractivity contribution is 7.92. The summed E-state index contributed by atoms with van der Waals surface area (Å²) in [6.45, 7) is 3.80. The predicted octanol–water partition coefficient (Wildman–Crippen LogP) is 2.86. The molecular formula is C16H18N4O2S. The van der Waals surface area contributed by atoms with Gasteiger partial charge in [-0.1, -0.05) is 19.1 Å². The van der Waals surface area contributed by atoms with Crippen LogP contribution in [-0.2, 0) is 10.0 Å². The molecule has 2 aromatic heterocycles. The summed E-state index contributed by atoms with van der Waals surface area (Å²) >= 11 is 0. The topological polar surface area (TPSA) is 76.4 Å². The second-order valence-electron chi connectivity index (χ2n) is 5.34. The number of hydrogen-bond acceptors (Lipinski definition) is 4. The Labute approximate surface area is 135 Å². The minimum Gasteiger partial charge on any atom is -0.288 e. The first-order valence-electron chi connectivity index (χ1n) is 7.41. The van der Waals surface area contributed by atoms with Crippen LogP contribution in [0.4, 0.5) is 5.69 Å². The number of nitrogens with one attached hydrogen (secondary N) is 1. The lowest BCUT2D eigenvalue weighted by molar-refractivity contribution is 0.600. The molecule has 0 aliphatic heterocycles. The molecule has 0 radical (unpaired) electrons. The van der Waals surface area contributed by atoms with Crippen molar-refractivity contribution in [3.05, 3.63) is 48.4 Å². The maximum Gasteiger partial charge on any atom is 0.234 e. The molecule has 3 aromatic rings. The third-order valence-electron chi connectivity index (χ3n) is 3.52. The molecule has 0 bridgehead atoms. The van der Waals surface area contributed by atoms with Gasteiger partial charge < -0.3 is 0 Å². The van der Waals surface area contributed by atoms with Gasteiger partial charge in [0, 0.05) is 29.3 Å². The van der Waals surface area contributed by atoms with Crippen molar-refractivity contribution >= 4 is 21.5 Å². The van der Waals surface area contributed by atoms with Crippen molar-refractivity contribution in [2.24, 2.45) is 0 Å². The fraction of sp³-hybridized carbons (Fsp3) is 0.250. The monoisotopic (exact) mass is 330 g/mol. The molecule has 0 spiro atoms. The van der Waals surface area contributed by atoms with Gasteiger partial charge in [-0.25, -0.2) is 18.4 Å². The van der Waals surface area contributed by atoms with Crippen molar-refractivity contribution in [3.63, 3.8) is 0 Å². The first kappa shape index (κ1) is 15.5. The van der Waals surface area contributed by atoms with Crippen LogP contribution >= 0.6 is 0 Å². The number of sulfonamides is 1. The lowest BCUT2D eigenvalue weighted by Gasteiger charge is -2.08. The number of rotatable bonds is 5. The summed E-state index contributed by atoms with van der Waals surface area (Å²) in [5.74, 6) is 0.728. The van der Waals surface area contributed by atoms with Gasteiger partial charge in [0.25, 0.3) is 0 Å². The van der Waals surface area contributed by atoms with Crippen LogP contribution in [0.1, 0.15) is 19.0 Å². The Bertz CT molecular complexity index is 948. The normalized spacial score (nSPS) is 11.7. The minimum atomic E-state index is -3.31. The number of hydrogen-bond donors (Lipinski definition) is 1. The molecule has 120 valence electrons. The van der Waals surface area contributed by atoms with Crippen LogP contribution in [0.3, 0.4) is 0 Å². The van der Waals surface area contributed by atoms with Crippen molar-refractivity contribution in [2.45, 2.75) is 20.3 Å². The number of anilines is 1. The zero-order chi connectivity index (χ0) is 16.4. The van der Waals surface area contributed by atoms with Crippen molar-refractivity contribution in [1.29, 1.82) is 0 Å². The Morgan fingerprint density at radius 3 is 2.83 bits per heavy atom. The average molecular weight is 330 g/mol. The molecule has 0 aliphatic rings. The molecule has 0 amide bonds. The van der Waals surface area contributed by atoms with Gasteiger partial charge in [0.2, 0.25) is 15.8 Å². The van der Waals surface area contributed by atoms with Crippen molar-refractivity contribution in [2.75, 3.05) is 10.5 Å². The molecule has 0 unspecified atom stereocenters. The van der Waals surface area contributed by atoms with E-state index >= 15 is 0 Å². The van der Waals surface area contributed by atoms with Gasteiger partial charge in [-0.05, 0) is 31.5 Å². The maximum atomic E-state index is 11.9. The Morgan fingerprint density at radius 2 is 2.09 bits per heavy atom. The van der Waals surface area contributed by atoms with Gasteiger partial charge in [0.1, 0.15) is 0 Å². The summed E-state index contributed by atoms with van der Waals surface area (Å²) in [7, 11) is -3.31. The fourth-order valence-electron chi connectivity index (χ4n) is 2.51. The molecule has 0 fully saturated rings. The quantitative estimate of drug-likeness (QED) is 0.780. The SMILES string of the molecule is CCCS(=O)(=O)Nc1cccc(-c2nc3ncccn3c2C)c1. The molecule has 1 N–H and O–H groups in total. The Hall–Kier alpha value is -2.41. The highest BCUT2D eigenvalue weighted by atomic mass is 32.2. The molecule has 2 heterocycles. The summed E-state index contributed by atoms with van der Waals surface area (Å²) in [5.41, 5.74) is 3.15. The molecule has 6 nitrogen and oxygen atoms in total. The van der Waals surface area contributed by atoms with Crippen LogP contribution in [0.15, 0.2) is 42.7 Å². The van der Waals surface area contributed by atoms with Crippen LogP contribution in [0, 0.1) is 6.92 Å². The lowest BCUT2D eigenvalue weighted by Crippen LogP contribution is -2.16. The van der Waals surface area contributed by atoms with Crippen molar-refractivity contribution in [1.82, 2.24) is 14.4 Å². The summed E-state index contributed by atoms with van der Waals surface area (Å²) in [6.07, 6.45) is 4.18. The van der Waals surface area contributed by atoms with E-state index in [9.17, 15) is 8.42 Å². The number of aromatic nitrogens is 3. The van der Waals surface area contributed by atoms with E-state index in [1.807, 2.05) is 42.6 Å². The van der Waals surface area contributed by atoms with Gasteiger partial charge in [-0.2, -0.15) is 0 Å². The van der Waals surface area contributed by atoms with E-state index in [0.29, 0.717) is 17.9 Å². The maximum absolute atomic E-state index is 11.9. The second kappa shape index (κ2) is 6.00. The molecule has 0 saturated carbocycles. The predicted molar refractivity (Wildman–Crippen MR) is 90.9 cm³/mol. The smallest absolute Gasteiger partial charge is 0.234 e. The summed E-state index contributed by atoms with van der Waals surface area (Å²) in [6, 6.07) is 9.10. The third kappa shape index (κ3) is 3.19. The van der Waals surface area contributed by atoms with Gasteiger partial charge in [0.15, 0.2) is 0 Å². The molecule has 0 atom stereocenters. The highest BCUT2D eigenvalue weighted by Gasteiger charge is 2.13. The summed E-state index contributed by atoms with van der Waals surface area (Å²) in [5, 5.41) is 0. The average Bonchev–Trinajstić information content (AvgIpc) is 2.85. The number of imidazole rings is 1. The van der Waals surface area contributed by atoms with Crippen molar-refractivity contribution < 1.29 is 8.42 Å². The third-order valence-corrected chi connectivity index (χ3v) is 5.02. The summed E-state index contributed by atoms with van der Waals surface area (Å²) < 4.78 is 28.3. The molecule has 23 heavy (non-hydrogen) atoms. The van der Waals surface area contributed by atoms with Gasteiger partial charge in [-0.3, -0.25) is 9.12 Å². The standard InChI is InChI=1S/C16H18N4O2S/c1-3-10-23(21,22)19-14-7-4-6-13(11-14)15-12(2)20-9-5-8-17-16(20)18-15/h4-9,11,19H,3,10H2,1-2H3. The number of aryl methyl sites for hydroxylation is 1. The fourth-order valence-corrected chi connectivity index (χ4v) is 3.63. The Balaban J connectivity index is 2.00. The molecule has 0 saturated heterocycles. The van der Waals surface area contributed by atoms with Gasteiger partial charge in [-0.15, -0.1) is 0 Å². The molecule has 1 aromatic carbocycles. The van der Waals surface area contributed by atoms with Crippen LogP contribution in [0.25, 0.3) is 17.0 Å². The number of nitrogens with zero attached hydrogens (tertiary/aromatic N) is 3. The van der Waals surface area contributed by atoms with E-state index in [1.165, 1.54) is 0 Å². The Kier molecular flexibility index (Phi) is 4.04. The minimum absolute atomic E-state index is 0.106. The van der Waals surface area contributed by atoms with Gasteiger partial charge in [0.05, 0.1) is 11.4 Å². The second-order valence-corrected chi connectivity index (χ2v) is 7.18. The van der Waals surface area contributed by atoms with Crippen molar-refractivity contribution in [3.8, 4) is 11.3 Å². The van der Waals surface area contributed by atoms with E-state index in [0.717, 1.165) is 17.0 Å². The molecular weight excluding hydrogens is 312 g/mol. The lowest BCUT2D eigenvalue weighted by atomic mass is 10.1. The summed E-state index contributed by atoms with van der Waals surface area (Å²) in [4.78, 5) is 8.77. The van der Waals surface area contributed by atoms with E-state index in [4.69, 9.17) is 0 Å². The largest absolute Gasteiger partial charge is 0.288 e. The zero-order valence-corrected chi connectivity index (χ0v) is 13.8.